The van der Waals surface area contributed by atoms with Crippen LogP contribution in [0.2, 0.25) is 0 Å². The van der Waals surface area contributed by atoms with E-state index >= 15 is 0 Å². The van der Waals surface area contributed by atoms with Crippen molar-refractivity contribution in [1.82, 2.24) is 0 Å². The Bertz CT molecular complexity index is 2500. The first-order valence-corrected chi connectivity index (χ1v) is 20.8. The molecule has 1 aromatic heterocycles. The van der Waals surface area contributed by atoms with E-state index in [0.717, 1.165) is 0 Å². The van der Waals surface area contributed by atoms with Crippen LogP contribution in [0.5, 0.6) is 0 Å². The van der Waals surface area contributed by atoms with Gasteiger partial charge in [-0.3, -0.25) is 0 Å². The van der Waals surface area contributed by atoms with Gasteiger partial charge in [0.15, 0.2) is 0 Å². The van der Waals surface area contributed by atoms with Crippen LogP contribution in [0.1, 0.15) is 115 Å². The van der Waals surface area contributed by atoms with Crippen molar-refractivity contribution in [3.63, 3.8) is 0 Å². The molecule has 2 nitrogen and oxygen atoms in total. The summed E-state index contributed by atoms with van der Waals surface area (Å²) in [4.78, 5) is 5.31. The van der Waals surface area contributed by atoms with Crippen LogP contribution >= 0.6 is 11.3 Å². The van der Waals surface area contributed by atoms with Gasteiger partial charge in [-0.05, 0) is 140 Å². The molecule has 5 aromatic carbocycles. The van der Waals surface area contributed by atoms with E-state index in [1.165, 1.54) is 106 Å². The summed E-state index contributed by atoms with van der Waals surface area (Å²) in [5.74, 6) is 0. The van der Waals surface area contributed by atoms with Gasteiger partial charge >= 0.3 is 0 Å². The first-order valence-electron chi connectivity index (χ1n) is 20.0. The molecule has 3 heterocycles. The molecule has 0 bridgehead atoms. The second-order valence-corrected chi connectivity index (χ2v) is 20.9. The van der Waals surface area contributed by atoms with Crippen molar-refractivity contribution in [2.75, 3.05) is 9.80 Å². The zero-order valence-corrected chi connectivity index (χ0v) is 35.3. The second-order valence-electron chi connectivity index (χ2n) is 19.9. The van der Waals surface area contributed by atoms with Gasteiger partial charge in [0.25, 0.3) is 6.71 Å². The summed E-state index contributed by atoms with van der Waals surface area (Å²) in [7, 11) is 0. The summed E-state index contributed by atoms with van der Waals surface area (Å²) in [6.07, 6.45) is 2.36. The van der Waals surface area contributed by atoms with Crippen LogP contribution in [-0.4, -0.2) is 6.71 Å². The number of nitrogens with zero attached hydrogens (tertiary/aromatic N) is 2. The van der Waals surface area contributed by atoms with Gasteiger partial charge in [0.1, 0.15) is 0 Å². The van der Waals surface area contributed by atoms with Crippen molar-refractivity contribution >= 4 is 78.0 Å². The summed E-state index contributed by atoms with van der Waals surface area (Å²) in [6.45, 7) is 28.6. The quantitative estimate of drug-likeness (QED) is 0.164. The van der Waals surface area contributed by atoms with Crippen LogP contribution in [0.15, 0.2) is 91.0 Å². The summed E-state index contributed by atoms with van der Waals surface area (Å²) in [5.41, 5.74) is 19.5. The molecular weight excluding hydrogens is 671 g/mol. The maximum absolute atomic E-state index is 2.71. The predicted molar refractivity (Wildman–Crippen MR) is 238 cm³/mol. The molecule has 274 valence electrons. The summed E-state index contributed by atoms with van der Waals surface area (Å²) >= 11 is 1.95. The average Bonchev–Trinajstić information content (AvgIpc) is 3.48. The first kappa shape index (κ1) is 35.4. The molecule has 0 unspecified atom stereocenters. The fourth-order valence-electron chi connectivity index (χ4n) is 9.81. The van der Waals surface area contributed by atoms with Crippen molar-refractivity contribution in [3.8, 4) is 0 Å². The standard InChI is InChI=1S/C50H55BN2S/c1-30-27-39-44-40(28-30)53(38-24-19-33(29-31(38)2)48(6,7)8)45-37(23-22-36-42(45)50(11,12)26-25-49(36,9)10)51(44)43-35-15-13-14-16-41(35)54-46(43)52(39)34-20-17-32(18-21-34)47(3,4)5/h13-24,27-29H,25-26H2,1-12H3. The Morgan fingerprint density at radius 1 is 0.630 bits per heavy atom. The second kappa shape index (κ2) is 11.6. The van der Waals surface area contributed by atoms with E-state index in [-0.39, 0.29) is 28.4 Å². The number of rotatable bonds is 2. The smallest absolute Gasteiger partial charge is 0.254 e. The minimum atomic E-state index is 0.0207. The number of benzene rings is 5. The molecule has 0 amide bonds. The number of thiophene rings is 1. The van der Waals surface area contributed by atoms with Gasteiger partial charge in [-0.2, -0.15) is 0 Å². The van der Waals surface area contributed by atoms with Crippen molar-refractivity contribution in [2.24, 2.45) is 0 Å². The monoisotopic (exact) mass is 726 g/mol. The van der Waals surface area contributed by atoms with E-state index < -0.39 is 0 Å². The molecule has 9 rings (SSSR count). The Morgan fingerprint density at radius 2 is 1.26 bits per heavy atom. The number of hydrogen-bond acceptors (Lipinski definition) is 3. The van der Waals surface area contributed by atoms with Gasteiger partial charge in [0.2, 0.25) is 0 Å². The molecule has 4 heteroatoms. The first-order chi connectivity index (χ1) is 25.4. The van der Waals surface area contributed by atoms with Crippen LogP contribution < -0.4 is 26.2 Å². The van der Waals surface area contributed by atoms with Crippen molar-refractivity contribution < 1.29 is 0 Å². The third-order valence-electron chi connectivity index (χ3n) is 13.0. The largest absolute Gasteiger partial charge is 0.311 e. The van der Waals surface area contributed by atoms with Crippen molar-refractivity contribution in [1.29, 1.82) is 0 Å². The highest BCUT2D eigenvalue weighted by molar-refractivity contribution is 7.26. The fraction of sp³-hybridized carbons (Fsp3) is 0.360. The van der Waals surface area contributed by atoms with Gasteiger partial charge in [-0.1, -0.05) is 124 Å². The maximum atomic E-state index is 2.71. The van der Waals surface area contributed by atoms with E-state index in [0.29, 0.717) is 0 Å². The van der Waals surface area contributed by atoms with Crippen LogP contribution in [0.4, 0.5) is 33.4 Å². The summed E-state index contributed by atoms with van der Waals surface area (Å²) in [6, 6.07) is 35.8. The molecule has 6 aromatic rings. The van der Waals surface area contributed by atoms with E-state index in [2.05, 4.69) is 184 Å². The lowest BCUT2D eigenvalue weighted by molar-refractivity contribution is 0.333. The van der Waals surface area contributed by atoms with Crippen LogP contribution in [0, 0.1) is 13.8 Å². The molecule has 2 aliphatic heterocycles. The highest BCUT2D eigenvalue weighted by atomic mass is 32.1. The van der Waals surface area contributed by atoms with Gasteiger partial charge in [-0.15, -0.1) is 11.3 Å². The van der Waals surface area contributed by atoms with Crippen LogP contribution in [0.3, 0.4) is 0 Å². The van der Waals surface area contributed by atoms with E-state index in [9.17, 15) is 0 Å². The Balaban J connectivity index is 1.42. The Morgan fingerprint density at radius 3 is 1.93 bits per heavy atom. The summed E-state index contributed by atoms with van der Waals surface area (Å²) < 4.78 is 1.35. The van der Waals surface area contributed by atoms with Gasteiger partial charge < -0.3 is 9.80 Å². The SMILES string of the molecule is Cc1cc2c3c(c1)N(c1ccc(C(C)(C)C)cc1C)c1c(ccc4c1C(C)(C)CCC4(C)C)B3c1c(sc3ccccc13)N2c1ccc(C(C)(C)C)cc1. The van der Waals surface area contributed by atoms with E-state index in [4.69, 9.17) is 0 Å². The fourth-order valence-corrected chi connectivity index (χ4v) is 11.1. The minimum absolute atomic E-state index is 0.0207. The average molecular weight is 727 g/mol. The van der Waals surface area contributed by atoms with Gasteiger partial charge in [0.05, 0.1) is 5.00 Å². The third-order valence-corrected chi connectivity index (χ3v) is 14.1. The molecule has 0 saturated heterocycles. The highest BCUT2D eigenvalue weighted by Crippen LogP contribution is 2.55. The number of hydrogen-bond donors (Lipinski definition) is 0. The topological polar surface area (TPSA) is 6.48 Å². The zero-order valence-electron chi connectivity index (χ0n) is 34.5. The molecule has 0 spiro atoms. The number of fused-ring (bicyclic) bond motifs is 8. The summed E-state index contributed by atoms with van der Waals surface area (Å²) in [5, 5.41) is 2.72. The number of anilines is 6. The van der Waals surface area contributed by atoms with Crippen molar-refractivity contribution in [3.05, 3.63) is 124 Å². The lowest BCUT2D eigenvalue weighted by Crippen LogP contribution is -2.61. The van der Waals surface area contributed by atoms with E-state index in [1.807, 2.05) is 11.3 Å². The predicted octanol–water partition coefficient (Wildman–Crippen LogP) is 12.5. The molecule has 0 fully saturated rings. The van der Waals surface area contributed by atoms with Gasteiger partial charge in [0, 0.05) is 33.1 Å². The molecule has 0 N–H and O–H groups in total. The van der Waals surface area contributed by atoms with Gasteiger partial charge in [-0.25, -0.2) is 0 Å². The normalized spacial score (nSPS) is 16.9. The van der Waals surface area contributed by atoms with Crippen molar-refractivity contribution in [2.45, 2.75) is 118 Å². The Labute approximate surface area is 328 Å². The molecule has 0 saturated carbocycles. The zero-order chi connectivity index (χ0) is 38.3. The minimum Gasteiger partial charge on any atom is -0.311 e. The van der Waals surface area contributed by atoms with E-state index in [1.54, 1.807) is 0 Å². The van der Waals surface area contributed by atoms with Crippen LogP contribution in [0.25, 0.3) is 10.1 Å². The molecule has 3 aliphatic rings. The Hall–Kier alpha value is -4.28. The third kappa shape index (κ3) is 5.19. The van der Waals surface area contributed by atoms with Crippen LogP contribution in [-0.2, 0) is 21.7 Å². The maximum Gasteiger partial charge on any atom is 0.254 e. The Kier molecular flexibility index (Phi) is 7.62. The lowest BCUT2D eigenvalue weighted by atomic mass is 9.33. The molecule has 54 heavy (non-hydrogen) atoms. The lowest BCUT2D eigenvalue weighted by Gasteiger charge is -2.49. The number of aryl methyl sites for hydroxylation is 2. The molecule has 0 atom stereocenters. The molecular formula is C50H55BN2S. The highest BCUT2D eigenvalue weighted by Gasteiger charge is 2.49. The molecule has 0 radical (unpaired) electrons. The molecule has 1 aliphatic carbocycles.